The largest absolute Gasteiger partial charge is 0.350 e. The zero-order valence-corrected chi connectivity index (χ0v) is 10.4. The van der Waals surface area contributed by atoms with Crippen molar-refractivity contribution in [2.45, 2.75) is 38.4 Å². The van der Waals surface area contributed by atoms with E-state index in [9.17, 15) is 0 Å². The Morgan fingerprint density at radius 2 is 1.82 bits per heavy atom. The number of unbranched alkanes of at least 4 members (excludes halogenated alkanes) is 2. The van der Waals surface area contributed by atoms with E-state index in [1.807, 2.05) is 0 Å². The average Bonchev–Trinajstić information content (AvgIpc) is 2.89. The van der Waals surface area contributed by atoms with E-state index in [0.717, 1.165) is 45.7 Å². The summed E-state index contributed by atoms with van der Waals surface area (Å²) in [5, 5.41) is 8.47. The Kier molecular flexibility index (Phi) is 5.24. The van der Waals surface area contributed by atoms with Gasteiger partial charge in [0.15, 0.2) is 6.29 Å². The Labute approximate surface area is 103 Å². The molecule has 0 N–H and O–H groups in total. The van der Waals surface area contributed by atoms with Gasteiger partial charge in [0.25, 0.3) is 0 Å². The Morgan fingerprint density at radius 1 is 1.12 bits per heavy atom. The molecule has 0 aromatic heterocycles. The van der Waals surface area contributed by atoms with Crippen molar-refractivity contribution in [3.63, 3.8) is 0 Å². The molecule has 17 heavy (non-hydrogen) atoms. The fourth-order valence-corrected chi connectivity index (χ4v) is 2.64. The Hall–Kier alpha value is -0.630. The average molecular weight is 238 g/mol. The highest BCUT2D eigenvalue weighted by atomic mass is 16.7. The summed E-state index contributed by atoms with van der Waals surface area (Å²) in [4.78, 5) is 2.50. The van der Waals surface area contributed by atoms with E-state index in [-0.39, 0.29) is 6.29 Å². The lowest BCUT2D eigenvalue weighted by molar-refractivity contribution is -0.0973. The molecule has 0 aliphatic carbocycles. The van der Waals surface area contributed by atoms with Crippen molar-refractivity contribution >= 4 is 0 Å². The van der Waals surface area contributed by atoms with Crippen LogP contribution >= 0.6 is 0 Å². The second-order valence-corrected chi connectivity index (χ2v) is 4.90. The van der Waals surface area contributed by atoms with Crippen molar-refractivity contribution in [1.29, 1.82) is 5.26 Å². The second kappa shape index (κ2) is 6.95. The van der Waals surface area contributed by atoms with Gasteiger partial charge in [-0.2, -0.15) is 5.26 Å². The Morgan fingerprint density at radius 3 is 2.47 bits per heavy atom. The van der Waals surface area contributed by atoms with E-state index >= 15 is 0 Å². The van der Waals surface area contributed by atoms with Crippen molar-refractivity contribution in [3.8, 4) is 6.07 Å². The molecule has 2 saturated heterocycles. The van der Waals surface area contributed by atoms with Crippen molar-refractivity contribution < 1.29 is 9.47 Å². The van der Waals surface area contributed by atoms with Gasteiger partial charge in [0.1, 0.15) is 0 Å². The first-order valence-corrected chi connectivity index (χ1v) is 6.72. The van der Waals surface area contributed by atoms with Crippen molar-refractivity contribution in [2.24, 2.45) is 5.92 Å². The van der Waals surface area contributed by atoms with E-state index in [2.05, 4.69) is 11.0 Å². The lowest BCUT2D eigenvalue weighted by Gasteiger charge is -2.33. The first kappa shape index (κ1) is 12.8. The third-order valence-corrected chi connectivity index (χ3v) is 3.68. The molecule has 96 valence electrons. The summed E-state index contributed by atoms with van der Waals surface area (Å²) >= 11 is 0. The van der Waals surface area contributed by atoms with Crippen molar-refractivity contribution in [1.82, 2.24) is 4.90 Å². The number of piperidine rings is 1. The maximum Gasteiger partial charge on any atom is 0.160 e. The topological polar surface area (TPSA) is 45.5 Å². The summed E-state index contributed by atoms with van der Waals surface area (Å²) in [6.45, 7) is 4.97. The third-order valence-electron chi connectivity index (χ3n) is 3.68. The molecule has 0 aromatic rings. The second-order valence-electron chi connectivity index (χ2n) is 4.90. The van der Waals surface area contributed by atoms with Crippen LogP contribution in [0.3, 0.4) is 0 Å². The molecule has 2 aliphatic heterocycles. The van der Waals surface area contributed by atoms with Crippen LogP contribution in [-0.2, 0) is 9.47 Å². The lowest BCUT2D eigenvalue weighted by Crippen LogP contribution is -2.38. The quantitative estimate of drug-likeness (QED) is 0.685. The van der Waals surface area contributed by atoms with Crippen LogP contribution in [0.1, 0.15) is 32.1 Å². The normalized spacial score (nSPS) is 23.9. The number of nitriles is 1. The molecule has 2 rings (SSSR count). The summed E-state index contributed by atoms with van der Waals surface area (Å²) in [6.07, 6.45) is 5.31. The molecule has 0 saturated carbocycles. The fourth-order valence-electron chi connectivity index (χ4n) is 2.64. The van der Waals surface area contributed by atoms with Gasteiger partial charge in [-0.1, -0.05) is 0 Å². The van der Waals surface area contributed by atoms with Crippen LogP contribution in [0.25, 0.3) is 0 Å². The first-order chi connectivity index (χ1) is 8.40. The first-order valence-electron chi connectivity index (χ1n) is 6.72. The van der Waals surface area contributed by atoms with Gasteiger partial charge in [-0.3, -0.25) is 0 Å². The number of rotatable bonds is 5. The maximum atomic E-state index is 8.47. The summed E-state index contributed by atoms with van der Waals surface area (Å²) in [5.41, 5.74) is 0. The summed E-state index contributed by atoms with van der Waals surface area (Å²) < 4.78 is 11.1. The zero-order chi connectivity index (χ0) is 11.9. The standard InChI is InChI=1S/C13H22N2O2/c14-6-2-1-3-7-15-8-4-12(5-9-15)13-16-10-11-17-13/h12-13H,1-5,7-11H2. The predicted octanol–water partition coefficient (Wildman–Crippen LogP) is 1.77. The highest BCUT2D eigenvalue weighted by Crippen LogP contribution is 2.25. The van der Waals surface area contributed by atoms with Crippen LogP contribution in [0, 0.1) is 17.2 Å². The number of ether oxygens (including phenoxy) is 2. The molecule has 4 nitrogen and oxygen atoms in total. The Bertz CT molecular complexity index is 251. The van der Waals surface area contributed by atoms with Crippen molar-refractivity contribution in [3.05, 3.63) is 0 Å². The lowest BCUT2D eigenvalue weighted by atomic mass is 9.96. The minimum absolute atomic E-state index is 0.0655. The smallest absolute Gasteiger partial charge is 0.160 e. The molecule has 4 heteroatoms. The van der Waals surface area contributed by atoms with Crippen LogP contribution in [0.5, 0.6) is 0 Å². The molecule has 0 radical (unpaired) electrons. The van der Waals surface area contributed by atoms with Gasteiger partial charge >= 0.3 is 0 Å². The summed E-state index contributed by atoms with van der Waals surface area (Å²) in [5.74, 6) is 0.591. The molecule has 0 unspecified atom stereocenters. The molecule has 0 atom stereocenters. The number of hydrogen-bond donors (Lipinski definition) is 0. The van der Waals surface area contributed by atoms with E-state index in [4.69, 9.17) is 14.7 Å². The molecule has 0 spiro atoms. The number of nitrogens with zero attached hydrogens (tertiary/aromatic N) is 2. The summed E-state index contributed by atoms with van der Waals surface area (Å²) in [6, 6.07) is 2.20. The van der Waals surface area contributed by atoms with E-state index in [1.165, 1.54) is 12.8 Å². The van der Waals surface area contributed by atoms with Gasteiger partial charge in [0.2, 0.25) is 0 Å². The SMILES string of the molecule is N#CCCCCN1CCC(C2OCCO2)CC1. The minimum atomic E-state index is 0.0655. The van der Waals surface area contributed by atoms with Crippen LogP contribution < -0.4 is 0 Å². The molecular weight excluding hydrogens is 216 g/mol. The molecule has 0 aromatic carbocycles. The van der Waals surface area contributed by atoms with Crippen LogP contribution in [0.2, 0.25) is 0 Å². The fraction of sp³-hybridized carbons (Fsp3) is 0.923. The number of likely N-dealkylation sites (tertiary alicyclic amines) is 1. The summed E-state index contributed by atoms with van der Waals surface area (Å²) in [7, 11) is 0. The van der Waals surface area contributed by atoms with E-state index in [1.54, 1.807) is 0 Å². The van der Waals surface area contributed by atoms with Crippen molar-refractivity contribution in [2.75, 3.05) is 32.8 Å². The zero-order valence-electron chi connectivity index (χ0n) is 10.4. The molecular formula is C13H22N2O2. The molecule has 0 bridgehead atoms. The van der Waals surface area contributed by atoms with Gasteiger partial charge in [0.05, 0.1) is 19.3 Å². The van der Waals surface area contributed by atoms with Gasteiger partial charge in [-0.05, 0) is 45.3 Å². The van der Waals surface area contributed by atoms with E-state index < -0.39 is 0 Å². The molecule has 2 aliphatic rings. The van der Waals surface area contributed by atoms with Crippen LogP contribution in [0.4, 0.5) is 0 Å². The molecule has 2 heterocycles. The van der Waals surface area contributed by atoms with E-state index in [0.29, 0.717) is 12.3 Å². The monoisotopic (exact) mass is 238 g/mol. The van der Waals surface area contributed by atoms with Crippen LogP contribution in [0.15, 0.2) is 0 Å². The van der Waals surface area contributed by atoms with Crippen LogP contribution in [-0.4, -0.2) is 44.0 Å². The highest BCUT2D eigenvalue weighted by molar-refractivity contribution is 4.76. The number of hydrogen-bond acceptors (Lipinski definition) is 4. The third kappa shape index (κ3) is 3.95. The predicted molar refractivity (Wildman–Crippen MR) is 64.3 cm³/mol. The van der Waals surface area contributed by atoms with Gasteiger partial charge < -0.3 is 14.4 Å². The maximum absolute atomic E-state index is 8.47. The van der Waals surface area contributed by atoms with Gasteiger partial charge in [-0.25, -0.2) is 0 Å². The minimum Gasteiger partial charge on any atom is -0.350 e. The Balaban J connectivity index is 1.59. The van der Waals surface area contributed by atoms with Gasteiger partial charge in [-0.15, -0.1) is 0 Å². The molecule has 2 fully saturated rings. The molecule has 0 amide bonds. The highest BCUT2D eigenvalue weighted by Gasteiger charge is 2.29. The van der Waals surface area contributed by atoms with Gasteiger partial charge in [0, 0.05) is 12.3 Å².